The van der Waals surface area contributed by atoms with E-state index in [1.165, 1.54) is 5.56 Å². The van der Waals surface area contributed by atoms with Gasteiger partial charge in [0.2, 0.25) is 0 Å². The van der Waals surface area contributed by atoms with Crippen molar-refractivity contribution in [1.82, 2.24) is 24.9 Å². The number of aliphatic hydroxyl groups is 1. The van der Waals surface area contributed by atoms with Crippen LogP contribution in [0.3, 0.4) is 0 Å². The molecule has 4 N–H and O–H groups in total. The van der Waals surface area contributed by atoms with Crippen molar-refractivity contribution in [2.75, 3.05) is 13.2 Å². The minimum absolute atomic E-state index is 0.139. The van der Waals surface area contributed by atoms with Crippen molar-refractivity contribution in [2.45, 2.75) is 26.9 Å². The highest BCUT2D eigenvalue weighted by atomic mass is 16.3. The summed E-state index contributed by atoms with van der Waals surface area (Å²) in [6, 6.07) is 22.9. The predicted octanol–water partition coefficient (Wildman–Crippen LogP) is 4.18. The number of nitrogens with one attached hydrogen (secondary N) is 1. The first-order valence-electron chi connectivity index (χ1n) is 11.8. The molecule has 7 nitrogen and oxygen atoms in total. The number of pyridine rings is 2. The molecule has 0 saturated carbocycles. The highest BCUT2D eigenvalue weighted by Crippen LogP contribution is 2.34. The molecule has 35 heavy (non-hydrogen) atoms. The molecule has 7 heteroatoms. The van der Waals surface area contributed by atoms with Gasteiger partial charge >= 0.3 is 0 Å². The van der Waals surface area contributed by atoms with Crippen LogP contribution in [0.25, 0.3) is 38.9 Å². The Balaban J connectivity index is 1.55. The van der Waals surface area contributed by atoms with E-state index in [0.717, 1.165) is 57.8 Å². The Morgan fingerprint density at radius 2 is 1.74 bits per heavy atom. The van der Waals surface area contributed by atoms with Crippen LogP contribution < -0.4 is 11.1 Å². The predicted molar refractivity (Wildman–Crippen MR) is 140 cm³/mol. The molecule has 0 saturated heterocycles. The van der Waals surface area contributed by atoms with Crippen LogP contribution in [-0.2, 0) is 13.1 Å². The summed E-state index contributed by atoms with van der Waals surface area (Å²) in [6.07, 6.45) is 1.93. The standard InChI is InChI=1S/C28H30N6O/c1-28(2,18-35)17-30-16-19-8-10-21(11-9-19)26-22(20-6-4-3-5-7-20)14-23-24(31-26)12-13-34-25(15-29)32-33-27(23)34/h3-14,30,35H,15-18,29H2,1-2H3. The van der Waals surface area contributed by atoms with Crippen molar-refractivity contribution < 1.29 is 5.11 Å². The van der Waals surface area contributed by atoms with Crippen molar-refractivity contribution in [3.8, 4) is 22.4 Å². The van der Waals surface area contributed by atoms with Crippen LogP contribution in [0.15, 0.2) is 72.9 Å². The van der Waals surface area contributed by atoms with Crippen LogP contribution in [0, 0.1) is 5.41 Å². The number of nitrogens with zero attached hydrogens (tertiary/aromatic N) is 4. The van der Waals surface area contributed by atoms with Crippen molar-refractivity contribution >= 4 is 16.6 Å². The van der Waals surface area contributed by atoms with Crippen molar-refractivity contribution in [3.63, 3.8) is 0 Å². The second kappa shape index (κ2) is 9.54. The number of benzene rings is 2. The zero-order chi connectivity index (χ0) is 24.4. The maximum atomic E-state index is 9.46. The SMILES string of the molecule is CC(C)(CO)CNCc1ccc(-c2nc3ccn4c(CN)nnc4c3cc2-c2ccccc2)cc1. The largest absolute Gasteiger partial charge is 0.396 e. The third-order valence-electron chi connectivity index (χ3n) is 6.30. The molecular weight excluding hydrogens is 436 g/mol. The Kier molecular flexibility index (Phi) is 6.30. The summed E-state index contributed by atoms with van der Waals surface area (Å²) >= 11 is 0. The fourth-order valence-corrected chi connectivity index (χ4v) is 4.22. The summed E-state index contributed by atoms with van der Waals surface area (Å²) in [6.45, 7) is 6.06. The lowest BCUT2D eigenvalue weighted by atomic mass is 9.95. The molecule has 0 amide bonds. The van der Waals surface area contributed by atoms with Gasteiger partial charge in [0.1, 0.15) is 0 Å². The number of aromatic nitrogens is 4. The van der Waals surface area contributed by atoms with Crippen molar-refractivity contribution in [2.24, 2.45) is 11.1 Å². The molecule has 0 bridgehead atoms. The first-order valence-corrected chi connectivity index (χ1v) is 11.8. The quantitative estimate of drug-likeness (QED) is 0.317. The van der Waals surface area contributed by atoms with Gasteiger partial charge in [0.25, 0.3) is 0 Å². The van der Waals surface area contributed by atoms with Crippen LogP contribution in [-0.4, -0.2) is 37.8 Å². The first kappa shape index (κ1) is 23.1. The summed E-state index contributed by atoms with van der Waals surface area (Å²) in [5.74, 6) is 0.721. The van der Waals surface area contributed by atoms with Gasteiger partial charge in [0, 0.05) is 47.8 Å². The van der Waals surface area contributed by atoms with Gasteiger partial charge in [-0.1, -0.05) is 68.4 Å². The fourth-order valence-electron chi connectivity index (χ4n) is 4.22. The van der Waals surface area contributed by atoms with Gasteiger partial charge in [-0.25, -0.2) is 4.98 Å². The van der Waals surface area contributed by atoms with Gasteiger partial charge in [0.15, 0.2) is 11.5 Å². The molecule has 0 aliphatic carbocycles. The fraction of sp³-hybridized carbons (Fsp3) is 0.250. The minimum atomic E-state index is -0.139. The van der Waals surface area contributed by atoms with Gasteiger partial charge in [-0.05, 0) is 23.3 Å². The third-order valence-corrected chi connectivity index (χ3v) is 6.30. The van der Waals surface area contributed by atoms with E-state index >= 15 is 0 Å². The average molecular weight is 467 g/mol. The number of hydrogen-bond donors (Lipinski definition) is 3. The molecule has 0 radical (unpaired) electrons. The Hall–Kier alpha value is -3.65. The lowest BCUT2D eigenvalue weighted by Gasteiger charge is -2.22. The number of aliphatic hydroxyl groups excluding tert-OH is 1. The van der Waals surface area contributed by atoms with Crippen LogP contribution in [0.4, 0.5) is 0 Å². The molecule has 0 aliphatic rings. The lowest BCUT2D eigenvalue weighted by molar-refractivity contribution is 0.156. The average Bonchev–Trinajstić information content (AvgIpc) is 3.32. The Morgan fingerprint density at radius 3 is 2.46 bits per heavy atom. The monoisotopic (exact) mass is 466 g/mol. The van der Waals surface area contributed by atoms with Gasteiger partial charge in [-0.2, -0.15) is 0 Å². The molecule has 0 aliphatic heterocycles. The number of hydrogen-bond acceptors (Lipinski definition) is 6. The number of nitrogens with two attached hydrogens (primary N) is 1. The van der Waals surface area contributed by atoms with Gasteiger partial charge in [-0.15, -0.1) is 10.2 Å². The molecule has 3 heterocycles. The van der Waals surface area contributed by atoms with E-state index in [9.17, 15) is 5.11 Å². The number of rotatable bonds is 8. The normalized spacial score (nSPS) is 12.0. The Labute approximate surface area is 204 Å². The van der Waals surface area contributed by atoms with E-state index < -0.39 is 0 Å². The maximum absolute atomic E-state index is 9.46. The van der Waals surface area contributed by atoms with Gasteiger partial charge in [-0.3, -0.25) is 4.40 Å². The smallest absolute Gasteiger partial charge is 0.170 e. The van der Waals surface area contributed by atoms with Crippen molar-refractivity contribution in [1.29, 1.82) is 0 Å². The summed E-state index contributed by atoms with van der Waals surface area (Å²) < 4.78 is 1.93. The van der Waals surface area contributed by atoms with Gasteiger partial charge in [0.05, 0.1) is 17.8 Å². The van der Waals surface area contributed by atoms with E-state index in [4.69, 9.17) is 10.7 Å². The molecule has 5 rings (SSSR count). The highest BCUT2D eigenvalue weighted by Gasteiger charge is 2.17. The molecular formula is C28H30N6O. The molecule has 0 unspecified atom stereocenters. The molecule has 3 aromatic heterocycles. The highest BCUT2D eigenvalue weighted by molar-refractivity contribution is 5.98. The van der Waals surface area contributed by atoms with Gasteiger partial charge < -0.3 is 16.2 Å². The van der Waals surface area contributed by atoms with Crippen molar-refractivity contribution in [3.05, 3.63) is 84.3 Å². The van der Waals surface area contributed by atoms with Crippen LogP contribution in [0.1, 0.15) is 25.2 Å². The molecule has 2 aromatic carbocycles. The van der Waals surface area contributed by atoms with Crippen LogP contribution in [0.2, 0.25) is 0 Å². The molecule has 0 spiro atoms. The Morgan fingerprint density at radius 1 is 0.971 bits per heavy atom. The van der Waals surface area contributed by atoms with E-state index in [0.29, 0.717) is 6.54 Å². The van der Waals surface area contributed by atoms with Crippen LogP contribution in [0.5, 0.6) is 0 Å². The second-order valence-electron chi connectivity index (χ2n) is 9.64. The molecule has 0 fully saturated rings. The van der Waals surface area contributed by atoms with E-state index in [-0.39, 0.29) is 12.0 Å². The topological polar surface area (TPSA) is 101 Å². The first-order chi connectivity index (χ1) is 17.0. The van der Waals surface area contributed by atoms with E-state index in [2.05, 4.69) is 58.0 Å². The minimum Gasteiger partial charge on any atom is -0.396 e. The third kappa shape index (κ3) is 4.66. The second-order valence-corrected chi connectivity index (χ2v) is 9.64. The van der Waals surface area contributed by atoms with Crippen LogP contribution >= 0.6 is 0 Å². The summed E-state index contributed by atoms with van der Waals surface area (Å²) in [4.78, 5) is 5.09. The summed E-state index contributed by atoms with van der Waals surface area (Å²) in [5, 5.41) is 22.5. The summed E-state index contributed by atoms with van der Waals surface area (Å²) in [7, 11) is 0. The van der Waals surface area contributed by atoms with E-state index in [1.807, 2.05) is 48.7 Å². The Bertz CT molecular complexity index is 1460. The molecule has 178 valence electrons. The maximum Gasteiger partial charge on any atom is 0.170 e. The lowest BCUT2D eigenvalue weighted by Crippen LogP contribution is -2.31. The molecule has 0 atom stereocenters. The summed E-state index contributed by atoms with van der Waals surface area (Å²) in [5.41, 5.74) is 12.6. The zero-order valence-electron chi connectivity index (χ0n) is 20.1. The number of fused-ring (bicyclic) bond motifs is 3. The molecule has 5 aromatic rings. The van der Waals surface area contributed by atoms with E-state index in [1.54, 1.807) is 0 Å². The zero-order valence-corrected chi connectivity index (χ0v) is 20.1.